The lowest BCUT2D eigenvalue weighted by atomic mass is 9.96. The average molecular weight is 217 g/mol. The van der Waals surface area contributed by atoms with Gasteiger partial charge in [-0.2, -0.15) is 5.26 Å². The quantitative estimate of drug-likeness (QED) is 0.725. The molecule has 3 heteroatoms. The van der Waals surface area contributed by atoms with Gasteiger partial charge in [0, 0.05) is 6.54 Å². The first kappa shape index (κ1) is 12.7. The van der Waals surface area contributed by atoms with Gasteiger partial charge in [0.1, 0.15) is 6.07 Å². The van der Waals surface area contributed by atoms with Gasteiger partial charge in [-0.25, -0.2) is 0 Å². The van der Waals surface area contributed by atoms with Crippen LogP contribution in [0.15, 0.2) is 0 Å². The van der Waals surface area contributed by atoms with Crippen LogP contribution >= 0.6 is 0 Å². The van der Waals surface area contributed by atoms with Gasteiger partial charge in [0.25, 0.3) is 0 Å². The lowest BCUT2D eigenvalue weighted by molar-refractivity contribution is 0.622. The Morgan fingerprint density at radius 2 is 2.00 bits per heavy atom. The highest BCUT2D eigenvalue weighted by Crippen LogP contribution is 2.21. The predicted molar refractivity (Wildman–Crippen MR) is 65.2 cm³/mol. The van der Waals surface area contributed by atoms with Crippen molar-refractivity contribution in [3.8, 4) is 6.07 Å². The fraction of sp³-hybridized carbons (Fsp3) is 0.538. The van der Waals surface area contributed by atoms with Crippen LogP contribution in [0.5, 0.6) is 0 Å². The molecule has 0 atom stereocenters. The normalized spacial score (nSPS) is 13.2. The molecule has 0 amide bonds. The first-order valence-electron chi connectivity index (χ1n) is 5.84. The van der Waals surface area contributed by atoms with Gasteiger partial charge >= 0.3 is 0 Å². The lowest BCUT2D eigenvalue weighted by Crippen LogP contribution is -2.26. The molecule has 0 unspecified atom stereocenters. The maximum Gasteiger partial charge on any atom is 0.101 e. The van der Waals surface area contributed by atoms with Crippen molar-refractivity contribution in [3.05, 3.63) is 28.1 Å². The Morgan fingerprint density at radius 1 is 1.31 bits per heavy atom. The molecule has 0 aromatic carbocycles. The zero-order chi connectivity index (χ0) is 12.1. The SMILES string of the molecule is CC.Cc1nc2c(c(C)c1C#N)CCNC2. The molecule has 1 N–H and O–H groups in total. The molecule has 3 nitrogen and oxygen atoms in total. The van der Waals surface area contributed by atoms with Crippen LogP contribution < -0.4 is 5.32 Å². The number of fused-ring (bicyclic) bond motifs is 1. The number of nitrogens with one attached hydrogen (secondary N) is 1. The molecule has 0 bridgehead atoms. The maximum absolute atomic E-state index is 9.00. The van der Waals surface area contributed by atoms with Gasteiger partial charge < -0.3 is 5.32 Å². The summed E-state index contributed by atoms with van der Waals surface area (Å²) in [5.41, 5.74) is 5.12. The molecule has 2 heterocycles. The Bertz CT molecular complexity index is 416. The van der Waals surface area contributed by atoms with Gasteiger partial charge in [-0.15, -0.1) is 0 Å². The predicted octanol–water partition coefficient (Wildman–Crippen LogP) is 2.24. The minimum absolute atomic E-state index is 0.755. The molecule has 0 saturated carbocycles. The summed E-state index contributed by atoms with van der Waals surface area (Å²) in [6.45, 7) is 9.75. The van der Waals surface area contributed by atoms with Crippen molar-refractivity contribution in [1.29, 1.82) is 5.26 Å². The van der Waals surface area contributed by atoms with Crippen molar-refractivity contribution in [2.45, 2.75) is 40.7 Å². The summed E-state index contributed by atoms with van der Waals surface area (Å²) in [4.78, 5) is 4.46. The Kier molecular flexibility index (Phi) is 4.45. The third kappa shape index (κ3) is 2.23. The number of nitrogens with zero attached hydrogens (tertiary/aromatic N) is 2. The summed E-state index contributed by atoms with van der Waals surface area (Å²) in [5, 5.41) is 12.3. The Morgan fingerprint density at radius 3 is 2.62 bits per heavy atom. The second kappa shape index (κ2) is 5.62. The van der Waals surface area contributed by atoms with E-state index in [1.807, 2.05) is 27.7 Å². The summed E-state index contributed by atoms with van der Waals surface area (Å²) < 4.78 is 0. The molecular weight excluding hydrogens is 198 g/mol. The van der Waals surface area contributed by atoms with E-state index in [1.165, 1.54) is 5.56 Å². The number of aromatic nitrogens is 1. The van der Waals surface area contributed by atoms with Gasteiger partial charge in [0.2, 0.25) is 0 Å². The summed E-state index contributed by atoms with van der Waals surface area (Å²) in [7, 11) is 0. The molecule has 0 fully saturated rings. The highest BCUT2D eigenvalue weighted by Gasteiger charge is 2.16. The van der Waals surface area contributed by atoms with Crippen molar-refractivity contribution in [2.24, 2.45) is 0 Å². The third-order valence-corrected chi connectivity index (χ3v) is 2.80. The smallest absolute Gasteiger partial charge is 0.101 e. The molecule has 2 rings (SSSR count). The van der Waals surface area contributed by atoms with Crippen molar-refractivity contribution < 1.29 is 0 Å². The fourth-order valence-corrected chi connectivity index (χ4v) is 2.03. The Balaban J connectivity index is 0.000000606. The second-order valence-corrected chi connectivity index (χ2v) is 3.66. The molecule has 1 aromatic heterocycles. The fourth-order valence-electron chi connectivity index (χ4n) is 2.03. The van der Waals surface area contributed by atoms with E-state index in [-0.39, 0.29) is 0 Å². The topological polar surface area (TPSA) is 48.7 Å². The standard InChI is InChI=1S/C11H13N3.C2H6/c1-7-9-3-4-13-6-11(9)14-8(2)10(7)5-12;1-2/h13H,3-4,6H2,1-2H3;1-2H3. The summed E-state index contributed by atoms with van der Waals surface area (Å²) in [5.74, 6) is 0. The highest BCUT2D eigenvalue weighted by atomic mass is 14.9. The van der Waals surface area contributed by atoms with Gasteiger partial charge in [-0.3, -0.25) is 4.98 Å². The molecule has 1 aromatic rings. The monoisotopic (exact) mass is 217 g/mol. The lowest BCUT2D eigenvalue weighted by Gasteiger charge is -2.19. The van der Waals surface area contributed by atoms with Crippen LogP contribution in [0, 0.1) is 25.2 Å². The molecule has 0 radical (unpaired) electrons. The molecule has 0 saturated heterocycles. The largest absolute Gasteiger partial charge is 0.311 e. The van der Waals surface area contributed by atoms with E-state index in [9.17, 15) is 0 Å². The Labute approximate surface area is 97.5 Å². The van der Waals surface area contributed by atoms with Crippen LogP contribution in [0.25, 0.3) is 0 Å². The van der Waals surface area contributed by atoms with E-state index in [1.54, 1.807) is 0 Å². The maximum atomic E-state index is 9.00. The van der Waals surface area contributed by atoms with Crippen LogP contribution in [0.1, 0.15) is 41.9 Å². The van der Waals surface area contributed by atoms with Crippen LogP contribution in [-0.4, -0.2) is 11.5 Å². The number of pyridine rings is 1. The number of rotatable bonds is 0. The zero-order valence-corrected chi connectivity index (χ0v) is 10.5. The molecule has 1 aliphatic rings. The molecule has 0 spiro atoms. The first-order chi connectivity index (χ1) is 7.74. The van der Waals surface area contributed by atoms with E-state index in [0.29, 0.717) is 0 Å². The average Bonchev–Trinajstić information content (AvgIpc) is 2.32. The summed E-state index contributed by atoms with van der Waals surface area (Å²) in [6, 6.07) is 2.23. The zero-order valence-electron chi connectivity index (χ0n) is 10.5. The molecule has 0 aliphatic carbocycles. The first-order valence-corrected chi connectivity index (χ1v) is 5.84. The molecule has 86 valence electrons. The number of aryl methyl sites for hydroxylation is 1. The number of hydrogen-bond donors (Lipinski definition) is 1. The van der Waals surface area contributed by atoms with E-state index < -0.39 is 0 Å². The van der Waals surface area contributed by atoms with E-state index in [2.05, 4.69) is 16.4 Å². The van der Waals surface area contributed by atoms with Crippen molar-refractivity contribution in [3.63, 3.8) is 0 Å². The van der Waals surface area contributed by atoms with E-state index in [0.717, 1.165) is 42.0 Å². The van der Waals surface area contributed by atoms with E-state index in [4.69, 9.17) is 5.26 Å². The van der Waals surface area contributed by atoms with Crippen LogP contribution in [-0.2, 0) is 13.0 Å². The molecular formula is C13H19N3. The summed E-state index contributed by atoms with van der Waals surface area (Å²) >= 11 is 0. The van der Waals surface area contributed by atoms with E-state index >= 15 is 0 Å². The Hall–Kier alpha value is -1.40. The van der Waals surface area contributed by atoms with Gasteiger partial charge in [0.15, 0.2) is 0 Å². The minimum atomic E-state index is 0.755. The van der Waals surface area contributed by atoms with Crippen LogP contribution in [0.4, 0.5) is 0 Å². The highest BCUT2D eigenvalue weighted by molar-refractivity contribution is 5.47. The van der Waals surface area contributed by atoms with Crippen molar-refractivity contribution in [1.82, 2.24) is 10.3 Å². The minimum Gasteiger partial charge on any atom is -0.311 e. The number of nitriles is 1. The van der Waals surface area contributed by atoms with Crippen LogP contribution in [0.2, 0.25) is 0 Å². The van der Waals surface area contributed by atoms with Crippen molar-refractivity contribution >= 4 is 0 Å². The third-order valence-electron chi connectivity index (χ3n) is 2.80. The number of hydrogen-bond acceptors (Lipinski definition) is 3. The molecule has 16 heavy (non-hydrogen) atoms. The second-order valence-electron chi connectivity index (χ2n) is 3.66. The van der Waals surface area contributed by atoms with Crippen LogP contribution in [0.3, 0.4) is 0 Å². The van der Waals surface area contributed by atoms with Gasteiger partial charge in [-0.1, -0.05) is 13.8 Å². The van der Waals surface area contributed by atoms with Crippen molar-refractivity contribution in [2.75, 3.05) is 6.54 Å². The summed E-state index contributed by atoms with van der Waals surface area (Å²) in [6.07, 6.45) is 0.989. The van der Waals surface area contributed by atoms with Gasteiger partial charge in [-0.05, 0) is 37.9 Å². The molecule has 1 aliphatic heterocycles. The van der Waals surface area contributed by atoms with Gasteiger partial charge in [0.05, 0.1) is 17.0 Å².